The number of ether oxygens (including phenoxy) is 1. The lowest BCUT2D eigenvalue weighted by Crippen LogP contribution is -2.51. The molecular weight excluding hydrogens is 288 g/mol. The van der Waals surface area contributed by atoms with E-state index in [9.17, 15) is 9.90 Å². The zero-order valence-corrected chi connectivity index (χ0v) is 14.7. The molecular formula is C20H30O3. The van der Waals surface area contributed by atoms with Gasteiger partial charge in [-0.1, -0.05) is 25.5 Å². The molecule has 0 aliphatic heterocycles. The van der Waals surface area contributed by atoms with Crippen molar-refractivity contribution in [3.8, 4) is 0 Å². The van der Waals surface area contributed by atoms with Gasteiger partial charge in [-0.15, -0.1) is 0 Å². The largest absolute Gasteiger partial charge is 0.385 e. The van der Waals surface area contributed by atoms with E-state index >= 15 is 0 Å². The Morgan fingerprint density at radius 1 is 1.17 bits per heavy atom. The van der Waals surface area contributed by atoms with Gasteiger partial charge in [-0.2, -0.15) is 0 Å². The minimum atomic E-state index is -0.726. The summed E-state index contributed by atoms with van der Waals surface area (Å²) in [6, 6.07) is 0. The van der Waals surface area contributed by atoms with E-state index in [1.165, 1.54) is 6.42 Å². The monoisotopic (exact) mass is 318 g/mol. The molecule has 128 valence electrons. The molecule has 0 unspecified atom stereocenters. The number of fused-ring (bicyclic) bond motifs is 5. The molecule has 23 heavy (non-hydrogen) atoms. The summed E-state index contributed by atoms with van der Waals surface area (Å²) in [5, 5.41) is 10.4. The molecule has 0 bridgehead atoms. The van der Waals surface area contributed by atoms with Gasteiger partial charge in [0.05, 0.1) is 6.10 Å². The van der Waals surface area contributed by atoms with Crippen LogP contribution >= 0.6 is 0 Å². The average Bonchev–Trinajstić information content (AvgIpc) is 2.78. The van der Waals surface area contributed by atoms with Gasteiger partial charge in [0.2, 0.25) is 0 Å². The fraction of sp³-hybridized carbons (Fsp3) is 0.850. The van der Waals surface area contributed by atoms with Crippen molar-refractivity contribution in [1.29, 1.82) is 0 Å². The first-order chi connectivity index (χ1) is 10.9. The number of Topliss-reactive ketones (excluding diaryl/α,β-unsaturated/α-hetero) is 1. The fourth-order valence-electron chi connectivity index (χ4n) is 6.60. The quantitative estimate of drug-likeness (QED) is 0.753. The molecule has 0 aromatic heterocycles. The van der Waals surface area contributed by atoms with Gasteiger partial charge in [0, 0.05) is 18.9 Å². The molecule has 0 aromatic carbocycles. The maximum absolute atomic E-state index is 12.2. The first kappa shape index (κ1) is 15.8. The molecule has 0 aromatic rings. The van der Waals surface area contributed by atoms with Crippen LogP contribution < -0.4 is 0 Å². The highest BCUT2D eigenvalue weighted by molar-refractivity contribution is 5.86. The molecule has 0 saturated heterocycles. The van der Waals surface area contributed by atoms with Crippen LogP contribution in [-0.4, -0.2) is 30.2 Å². The second-order valence-electron chi connectivity index (χ2n) is 8.98. The van der Waals surface area contributed by atoms with Gasteiger partial charge >= 0.3 is 0 Å². The number of hydrogen-bond donors (Lipinski definition) is 1. The zero-order valence-electron chi connectivity index (χ0n) is 14.7. The summed E-state index contributed by atoms with van der Waals surface area (Å²) in [4.78, 5) is 12.2. The summed E-state index contributed by atoms with van der Waals surface area (Å²) in [6.07, 6.45) is 9.41. The zero-order chi connectivity index (χ0) is 16.4. The summed E-state index contributed by atoms with van der Waals surface area (Å²) >= 11 is 0. The van der Waals surface area contributed by atoms with E-state index in [2.05, 4.69) is 19.9 Å². The number of allylic oxidation sites excluding steroid dienone is 1. The van der Waals surface area contributed by atoms with E-state index in [-0.39, 0.29) is 16.6 Å². The van der Waals surface area contributed by atoms with Crippen molar-refractivity contribution in [2.24, 2.45) is 28.6 Å². The molecule has 4 aliphatic carbocycles. The van der Waals surface area contributed by atoms with Crippen molar-refractivity contribution in [3.63, 3.8) is 0 Å². The predicted molar refractivity (Wildman–Crippen MR) is 88.9 cm³/mol. The Morgan fingerprint density at radius 3 is 2.70 bits per heavy atom. The first-order valence-electron chi connectivity index (χ1n) is 9.33. The third-order valence-electron chi connectivity index (χ3n) is 8.18. The van der Waals surface area contributed by atoms with Crippen molar-refractivity contribution >= 4 is 5.78 Å². The molecule has 0 spiro atoms. The van der Waals surface area contributed by atoms with Crippen molar-refractivity contribution in [1.82, 2.24) is 0 Å². The number of carbonyl (C=O) groups is 1. The Labute approximate surface area is 139 Å². The van der Waals surface area contributed by atoms with Gasteiger partial charge in [0.25, 0.3) is 0 Å². The molecule has 4 aliphatic rings. The van der Waals surface area contributed by atoms with Crippen LogP contribution in [0.25, 0.3) is 0 Å². The SMILES string of the molecule is CO[C@H]1CC[C@@]2(C)C(=CC[C@H]3[C@@H]4CC(=O)[C@H](O)[C@@]4(C)CC[C@@H]32)C1. The molecule has 4 rings (SSSR count). The maximum atomic E-state index is 12.2. The standard InChI is InChI=1S/C20H30O3/c1-19-8-6-13(23-3)10-12(19)4-5-14-15(19)7-9-20(2)16(14)11-17(21)18(20)22/h4,13-16,18,22H,5-11H2,1-3H3/t13-,14+,15-,16-,18-,19-,20-/m0/s1. The molecule has 3 fully saturated rings. The summed E-state index contributed by atoms with van der Waals surface area (Å²) in [7, 11) is 1.83. The summed E-state index contributed by atoms with van der Waals surface area (Å²) in [5.74, 6) is 1.71. The van der Waals surface area contributed by atoms with E-state index in [1.807, 2.05) is 7.11 Å². The molecule has 0 heterocycles. The second-order valence-corrected chi connectivity index (χ2v) is 8.98. The molecule has 3 heteroatoms. The topological polar surface area (TPSA) is 46.5 Å². The lowest BCUT2D eigenvalue weighted by molar-refractivity contribution is -0.128. The highest BCUT2D eigenvalue weighted by atomic mass is 16.5. The van der Waals surface area contributed by atoms with Crippen molar-refractivity contribution in [2.75, 3.05) is 7.11 Å². The maximum Gasteiger partial charge on any atom is 0.162 e. The molecule has 7 atom stereocenters. The minimum absolute atomic E-state index is 0.0844. The highest BCUT2D eigenvalue weighted by Crippen LogP contribution is 2.64. The minimum Gasteiger partial charge on any atom is -0.385 e. The Bertz CT molecular complexity index is 553. The smallest absolute Gasteiger partial charge is 0.162 e. The number of hydrogen-bond acceptors (Lipinski definition) is 3. The molecule has 3 saturated carbocycles. The van der Waals surface area contributed by atoms with E-state index in [0.717, 1.165) is 32.1 Å². The van der Waals surface area contributed by atoms with Crippen LogP contribution in [0.3, 0.4) is 0 Å². The van der Waals surface area contributed by atoms with Crippen LogP contribution in [0.4, 0.5) is 0 Å². The number of rotatable bonds is 1. The van der Waals surface area contributed by atoms with Crippen LogP contribution in [0.15, 0.2) is 11.6 Å². The fourth-order valence-corrected chi connectivity index (χ4v) is 6.60. The molecule has 1 N–H and O–H groups in total. The Morgan fingerprint density at radius 2 is 1.96 bits per heavy atom. The Hall–Kier alpha value is -0.670. The van der Waals surface area contributed by atoms with Gasteiger partial charge in [0.1, 0.15) is 6.10 Å². The lowest BCUT2D eigenvalue weighted by Gasteiger charge is -2.57. The van der Waals surface area contributed by atoms with Gasteiger partial charge in [-0.3, -0.25) is 4.79 Å². The van der Waals surface area contributed by atoms with Gasteiger partial charge in [-0.25, -0.2) is 0 Å². The average molecular weight is 318 g/mol. The van der Waals surface area contributed by atoms with Crippen LogP contribution in [0.1, 0.15) is 58.8 Å². The van der Waals surface area contributed by atoms with E-state index in [4.69, 9.17) is 4.74 Å². The molecule has 0 amide bonds. The van der Waals surface area contributed by atoms with E-state index in [1.54, 1.807) is 5.57 Å². The number of carbonyl (C=O) groups excluding carboxylic acids is 1. The van der Waals surface area contributed by atoms with Crippen LogP contribution in [0.5, 0.6) is 0 Å². The van der Waals surface area contributed by atoms with Gasteiger partial charge in [0.15, 0.2) is 5.78 Å². The third-order valence-corrected chi connectivity index (χ3v) is 8.18. The van der Waals surface area contributed by atoms with Gasteiger partial charge in [-0.05, 0) is 61.7 Å². The molecule has 0 radical (unpaired) electrons. The summed E-state index contributed by atoms with van der Waals surface area (Å²) in [6.45, 7) is 4.62. The normalized spacial score (nSPS) is 52.4. The van der Waals surface area contributed by atoms with Gasteiger partial charge < -0.3 is 9.84 Å². The van der Waals surface area contributed by atoms with E-state index in [0.29, 0.717) is 30.3 Å². The Balaban J connectivity index is 1.66. The number of aliphatic hydroxyl groups excluding tert-OH is 1. The number of ketones is 1. The van der Waals surface area contributed by atoms with Crippen molar-refractivity contribution in [3.05, 3.63) is 11.6 Å². The van der Waals surface area contributed by atoms with Crippen LogP contribution in [0, 0.1) is 28.6 Å². The predicted octanol–water partition coefficient (Wildman–Crippen LogP) is 3.50. The summed E-state index contributed by atoms with van der Waals surface area (Å²) in [5.41, 5.74) is 1.71. The number of methoxy groups -OCH3 is 1. The second kappa shape index (κ2) is 5.16. The Kier molecular flexibility index (Phi) is 3.55. The third kappa shape index (κ3) is 2.05. The van der Waals surface area contributed by atoms with E-state index < -0.39 is 6.10 Å². The highest BCUT2D eigenvalue weighted by Gasteiger charge is 2.60. The lowest BCUT2D eigenvalue weighted by atomic mass is 9.48. The first-order valence-corrected chi connectivity index (χ1v) is 9.33. The number of aliphatic hydroxyl groups is 1. The summed E-state index contributed by atoms with van der Waals surface area (Å²) < 4.78 is 5.62. The van der Waals surface area contributed by atoms with Crippen molar-refractivity contribution < 1.29 is 14.6 Å². The molecule has 3 nitrogen and oxygen atoms in total. The van der Waals surface area contributed by atoms with Crippen LogP contribution in [0.2, 0.25) is 0 Å². The van der Waals surface area contributed by atoms with Crippen LogP contribution in [-0.2, 0) is 9.53 Å². The van der Waals surface area contributed by atoms with Crippen molar-refractivity contribution in [2.45, 2.75) is 71.0 Å².